The minimum Gasteiger partial charge on any atom is -0.496 e. The van der Waals surface area contributed by atoms with Gasteiger partial charge < -0.3 is 19.4 Å². The van der Waals surface area contributed by atoms with Crippen molar-refractivity contribution in [3.05, 3.63) is 119 Å². The maximum Gasteiger partial charge on any atom is 0.261 e. The predicted molar refractivity (Wildman–Crippen MR) is 135 cm³/mol. The molecule has 0 aliphatic carbocycles. The summed E-state index contributed by atoms with van der Waals surface area (Å²) in [5.74, 6) is 0.382. The number of nitrogens with one attached hydrogen (secondary N) is 1. The number of ether oxygens (including phenoxy) is 1. The fourth-order valence-corrected chi connectivity index (χ4v) is 4.93. The Bertz CT molecular complexity index is 1490. The highest BCUT2D eigenvalue weighted by atomic mass is 16.5. The summed E-state index contributed by atoms with van der Waals surface area (Å²) in [6.07, 6.45) is 1.06. The van der Waals surface area contributed by atoms with Crippen LogP contribution in [0.15, 0.2) is 89.5 Å². The zero-order valence-corrected chi connectivity index (χ0v) is 20.0. The molecular weight excluding hydrogens is 470 g/mol. The highest BCUT2D eigenvalue weighted by Gasteiger charge is 2.37. The minimum atomic E-state index is -0.515. The van der Waals surface area contributed by atoms with Crippen LogP contribution in [-0.4, -0.2) is 34.6 Å². The molecule has 37 heavy (non-hydrogen) atoms. The van der Waals surface area contributed by atoms with E-state index in [2.05, 4.69) is 5.32 Å². The standard InChI is InChI=1S/C29H23N3O5/c1-36-25-13-12-18(15-19(25)16-32-27(33)21-8-2-3-9-22(21)28(32)34)26-30-24-11-5-4-10-23(24)29(35)31(26)17-20-7-6-14-37-20/h2-15,26,30H,16-17H2,1H3. The van der Waals surface area contributed by atoms with Crippen molar-refractivity contribution in [3.63, 3.8) is 0 Å². The molecule has 8 nitrogen and oxygen atoms in total. The Labute approximate surface area is 213 Å². The average Bonchev–Trinajstić information content (AvgIpc) is 3.53. The second-order valence-electron chi connectivity index (χ2n) is 8.92. The summed E-state index contributed by atoms with van der Waals surface area (Å²) in [6.45, 7) is 0.302. The molecule has 2 aliphatic rings. The van der Waals surface area contributed by atoms with Gasteiger partial charge in [-0.2, -0.15) is 0 Å². The van der Waals surface area contributed by atoms with E-state index in [-0.39, 0.29) is 30.8 Å². The van der Waals surface area contributed by atoms with Gasteiger partial charge in [0.2, 0.25) is 0 Å². The van der Waals surface area contributed by atoms with E-state index in [4.69, 9.17) is 9.15 Å². The van der Waals surface area contributed by atoms with E-state index in [0.717, 1.165) is 11.3 Å². The number of imide groups is 1. The Hall–Kier alpha value is -4.85. The number of benzene rings is 3. The fraction of sp³-hybridized carbons (Fsp3) is 0.138. The van der Waals surface area contributed by atoms with Crippen LogP contribution in [0.25, 0.3) is 0 Å². The van der Waals surface area contributed by atoms with Crippen LogP contribution >= 0.6 is 0 Å². The topological polar surface area (TPSA) is 92.1 Å². The van der Waals surface area contributed by atoms with E-state index in [1.54, 1.807) is 60.7 Å². The van der Waals surface area contributed by atoms with Crippen molar-refractivity contribution in [2.75, 3.05) is 12.4 Å². The van der Waals surface area contributed by atoms with Crippen molar-refractivity contribution in [2.45, 2.75) is 19.3 Å². The number of hydrogen-bond acceptors (Lipinski definition) is 6. The number of methoxy groups -OCH3 is 1. The third-order valence-electron chi connectivity index (χ3n) is 6.76. The molecule has 3 amide bonds. The van der Waals surface area contributed by atoms with Gasteiger partial charge in [0.1, 0.15) is 17.7 Å². The van der Waals surface area contributed by atoms with Gasteiger partial charge in [-0.05, 0) is 54.1 Å². The third-order valence-corrected chi connectivity index (χ3v) is 6.76. The molecule has 3 heterocycles. The highest BCUT2D eigenvalue weighted by molar-refractivity contribution is 6.21. The highest BCUT2D eigenvalue weighted by Crippen LogP contribution is 2.36. The van der Waals surface area contributed by atoms with Gasteiger partial charge >= 0.3 is 0 Å². The number of nitrogens with zero attached hydrogens (tertiary/aromatic N) is 2. The summed E-state index contributed by atoms with van der Waals surface area (Å²) in [5.41, 5.74) is 3.52. The van der Waals surface area contributed by atoms with Gasteiger partial charge in [0.05, 0.1) is 43.2 Å². The smallest absolute Gasteiger partial charge is 0.261 e. The van der Waals surface area contributed by atoms with Crippen LogP contribution in [0.1, 0.15) is 54.1 Å². The first-order chi connectivity index (χ1) is 18.0. The number of carbonyl (C=O) groups is 3. The summed E-state index contributed by atoms with van der Waals surface area (Å²) >= 11 is 0. The first-order valence-corrected chi connectivity index (χ1v) is 11.9. The van der Waals surface area contributed by atoms with E-state index >= 15 is 0 Å². The van der Waals surface area contributed by atoms with Gasteiger partial charge in [0.25, 0.3) is 17.7 Å². The third kappa shape index (κ3) is 3.83. The molecule has 1 aromatic heterocycles. The van der Waals surface area contributed by atoms with Crippen LogP contribution in [0.5, 0.6) is 5.75 Å². The molecule has 8 heteroatoms. The van der Waals surface area contributed by atoms with Crippen LogP contribution < -0.4 is 10.1 Å². The van der Waals surface area contributed by atoms with E-state index < -0.39 is 6.17 Å². The number of amides is 3. The van der Waals surface area contributed by atoms with Crippen LogP contribution in [0, 0.1) is 0 Å². The van der Waals surface area contributed by atoms with Crippen LogP contribution in [-0.2, 0) is 13.1 Å². The Balaban J connectivity index is 1.37. The van der Waals surface area contributed by atoms with Crippen molar-refractivity contribution in [2.24, 2.45) is 0 Å². The monoisotopic (exact) mass is 493 g/mol. The summed E-state index contributed by atoms with van der Waals surface area (Å²) in [5, 5.41) is 3.47. The number of rotatable bonds is 6. The lowest BCUT2D eigenvalue weighted by molar-refractivity contribution is 0.0638. The van der Waals surface area contributed by atoms with E-state index in [1.165, 1.54) is 4.90 Å². The van der Waals surface area contributed by atoms with Crippen LogP contribution in [0.3, 0.4) is 0 Å². The van der Waals surface area contributed by atoms with E-state index in [9.17, 15) is 14.4 Å². The molecule has 0 saturated carbocycles. The van der Waals surface area contributed by atoms with Gasteiger partial charge in [0, 0.05) is 11.3 Å². The molecule has 2 aliphatic heterocycles. The minimum absolute atomic E-state index is 0.0405. The normalized spacial score (nSPS) is 16.5. The second kappa shape index (κ2) is 8.98. The summed E-state index contributed by atoms with van der Waals surface area (Å²) in [6, 6.07) is 23.3. The largest absolute Gasteiger partial charge is 0.496 e. The number of para-hydroxylation sites is 1. The average molecular weight is 494 g/mol. The molecule has 0 radical (unpaired) electrons. The van der Waals surface area contributed by atoms with Gasteiger partial charge in [-0.25, -0.2) is 0 Å². The molecule has 0 fully saturated rings. The molecule has 1 N–H and O–H groups in total. The molecule has 1 atom stereocenters. The first-order valence-electron chi connectivity index (χ1n) is 11.9. The number of fused-ring (bicyclic) bond motifs is 2. The molecule has 0 saturated heterocycles. The number of furan rings is 1. The maximum absolute atomic E-state index is 13.5. The number of anilines is 1. The quantitative estimate of drug-likeness (QED) is 0.386. The van der Waals surface area contributed by atoms with Crippen LogP contribution in [0.2, 0.25) is 0 Å². The van der Waals surface area contributed by atoms with Crippen molar-refractivity contribution >= 4 is 23.4 Å². The molecule has 1 unspecified atom stereocenters. The van der Waals surface area contributed by atoms with E-state index in [1.807, 2.05) is 36.4 Å². The summed E-state index contributed by atoms with van der Waals surface area (Å²) in [7, 11) is 1.54. The van der Waals surface area contributed by atoms with Gasteiger partial charge in [-0.3, -0.25) is 19.3 Å². The van der Waals surface area contributed by atoms with Gasteiger partial charge in [-0.1, -0.05) is 30.3 Å². The molecule has 0 spiro atoms. The van der Waals surface area contributed by atoms with Gasteiger partial charge in [0.15, 0.2) is 0 Å². The van der Waals surface area contributed by atoms with Crippen molar-refractivity contribution in [1.29, 1.82) is 0 Å². The summed E-state index contributed by atoms with van der Waals surface area (Å²) < 4.78 is 11.1. The molecule has 0 bridgehead atoms. The lowest BCUT2D eigenvalue weighted by Crippen LogP contribution is -2.42. The van der Waals surface area contributed by atoms with Crippen molar-refractivity contribution < 1.29 is 23.5 Å². The van der Waals surface area contributed by atoms with Gasteiger partial charge in [-0.15, -0.1) is 0 Å². The Morgan fingerprint density at radius 1 is 0.811 bits per heavy atom. The number of hydrogen-bond donors (Lipinski definition) is 1. The molecular formula is C29H23N3O5. The number of carbonyl (C=O) groups excluding carboxylic acids is 3. The lowest BCUT2D eigenvalue weighted by atomic mass is 10.0. The van der Waals surface area contributed by atoms with E-state index in [0.29, 0.717) is 33.8 Å². The Morgan fingerprint density at radius 2 is 1.51 bits per heavy atom. The lowest BCUT2D eigenvalue weighted by Gasteiger charge is -2.38. The summed E-state index contributed by atoms with van der Waals surface area (Å²) in [4.78, 5) is 42.5. The molecule has 3 aromatic carbocycles. The zero-order valence-electron chi connectivity index (χ0n) is 20.0. The molecule has 184 valence electrons. The predicted octanol–water partition coefficient (Wildman–Crippen LogP) is 4.85. The van der Waals surface area contributed by atoms with Crippen molar-refractivity contribution in [1.82, 2.24) is 9.80 Å². The Kier molecular flexibility index (Phi) is 5.49. The van der Waals surface area contributed by atoms with Crippen molar-refractivity contribution in [3.8, 4) is 5.75 Å². The maximum atomic E-state index is 13.5. The fourth-order valence-electron chi connectivity index (χ4n) is 4.93. The second-order valence-corrected chi connectivity index (χ2v) is 8.92. The SMILES string of the molecule is COc1ccc(C2Nc3ccccc3C(=O)N2Cc2ccco2)cc1CN1C(=O)c2ccccc2C1=O. The molecule has 6 rings (SSSR count). The van der Waals surface area contributed by atoms with Crippen LogP contribution in [0.4, 0.5) is 5.69 Å². The first kappa shape index (κ1) is 22.6. The molecule has 4 aromatic rings. The zero-order chi connectivity index (χ0) is 25.5. The Morgan fingerprint density at radius 3 is 2.19 bits per heavy atom.